The maximum atomic E-state index is 11.5. The molecule has 4 N–H and O–H groups in total. The van der Waals surface area contributed by atoms with Crippen molar-refractivity contribution in [2.75, 3.05) is 5.32 Å². The lowest BCUT2D eigenvalue weighted by molar-refractivity contribution is -0.143. The molecule has 0 radical (unpaired) electrons. The number of anilines is 1. The Kier molecular flexibility index (Phi) is 3.65. The standard InChI is InChI=1S/C15H17BrN2O3/c16-9-3-4-10(14(17)19)11(6-9)18-13-8-2-1-7(5-8)12(13)15(20)21/h3-4,6-8,12-13,18H,1-2,5H2,(H2,17,19)(H,20,21). The van der Waals surface area contributed by atoms with Gasteiger partial charge in [-0.25, -0.2) is 0 Å². The van der Waals surface area contributed by atoms with E-state index in [-0.39, 0.29) is 17.9 Å². The zero-order valence-electron chi connectivity index (χ0n) is 11.4. The first-order valence-electron chi connectivity index (χ1n) is 7.06. The molecule has 4 unspecified atom stereocenters. The van der Waals surface area contributed by atoms with E-state index in [0.717, 1.165) is 23.7 Å². The Morgan fingerprint density at radius 2 is 2.00 bits per heavy atom. The van der Waals surface area contributed by atoms with E-state index in [9.17, 15) is 14.7 Å². The molecule has 0 aromatic heterocycles. The Bertz CT molecular complexity index is 605. The maximum Gasteiger partial charge on any atom is 0.308 e. The van der Waals surface area contributed by atoms with Crippen LogP contribution < -0.4 is 11.1 Å². The Morgan fingerprint density at radius 1 is 1.29 bits per heavy atom. The SMILES string of the molecule is NC(=O)c1ccc(Br)cc1NC1C2CCC(C2)C1C(=O)O. The second kappa shape index (κ2) is 5.33. The fraction of sp³-hybridized carbons (Fsp3) is 0.467. The van der Waals surface area contributed by atoms with E-state index in [1.807, 2.05) is 0 Å². The van der Waals surface area contributed by atoms with Crippen LogP contribution in [-0.4, -0.2) is 23.0 Å². The van der Waals surface area contributed by atoms with Gasteiger partial charge in [0.05, 0.1) is 11.5 Å². The number of hydrogen-bond donors (Lipinski definition) is 3. The number of carboxylic acid groups (broad SMARTS) is 1. The Morgan fingerprint density at radius 3 is 2.67 bits per heavy atom. The number of benzene rings is 1. The van der Waals surface area contributed by atoms with Gasteiger partial charge in [0.15, 0.2) is 0 Å². The number of nitrogens with one attached hydrogen (secondary N) is 1. The van der Waals surface area contributed by atoms with E-state index >= 15 is 0 Å². The first-order chi connectivity index (χ1) is 9.97. The quantitative estimate of drug-likeness (QED) is 0.775. The molecule has 2 fully saturated rings. The van der Waals surface area contributed by atoms with Gasteiger partial charge in [-0.3, -0.25) is 9.59 Å². The summed E-state index contributed by atoms with van der Waals surface area (Å²) in [6, 6.07) is 5.05. The van der Waals surface area contributed by atoms with Gasteiger partial charge in [0.2, 0.25) is 0 Å². The Labute approximate surface area is 131 Å². The number of carboxylic acids is 1. The average Bonchev–Trinajstić information content (AvgIpc) is 2.98. The number of hydrogen-bond acceptors (Lipinski definition) is 3. The minimum atomic E-state index is -0.754. The summed E-state index contributed by atoms with van der Waals surface area (Å²) in [4.78, 5) is 23.1. The van der Waals surface area contributed by atoms with Crippen LogP contribution >= 0.6 is 15.9 Å². The summed E-state index contributed by atoms with van der Waals surface area (Å²) in [7, 11) is 0. The fourth-order valence-electron chi connectivity index (χ4n) is 3.88. The van der Waals surface area contributed by atoms with E-state index in [1.165, 1.54) is 0 Å². The number of rotatable bonds is 4. The van der Waals surface area contributed by atoms with Crippen LogP contribution in [0.25, 0.3) is 0 Å². The summed E-state index contributed by atoms with van der Waals surface area (Å²) in [5.41, 5.74) is 6.40. The molecular weight excluding hydrogens is 336 g/mol. The zero-order valence-corrected chi connectivity index (χ0v) is 13.0. The molecular formula is C15H17BrN2O3. The lowest BCUT2D eigenvalue weighted by Gasteiger charge is -2.30. The molecule has 6 heteroatoms. The van der Waals surface area contributed by atoms with Crippen molar-refractivity contribution >= 4 is 33.5 Å². The van der Waals surface area contributed by atoms with Crippen LogP contribution in [0.4, 0.5) is 5.69 Å². The molecule has 1 amide bonds. The van der Waals surface area contributed by atoms with Gasteiger partial charge < -0.3 is 16.2 Å². The van der Waals surface area contributed by atoms with E-state index < -0.39 is 11.9 Å². The van der Waals surface area contributed by atoms with Crippen LogP contribution in [0.2, 0.25) is 0 Å². The number of amides is 1. The molecule has 1 aromatic rings. The molecule has 4 atom stereocenters. The van der Waals surface area contributed by atoms with E-state index in [1.54, 1.807) is 18.2 Å². The summed E-state index contributed by atoms with van der Waals surface area (Å²) in [6.45, 7) is 0. The highest BCUT2D eigenvalue weighted by molar-refractivity contribution is 9.10. The first-order valence-corrected chi connectivity index (χ1v) is 7.85. The smallest absolute Gasteiger partial charge is 0.308 e. The number of carbonyl (C=O) groups excluding carboxylic acids is 1. The fourth-order valence-corrected chi connectivity index (χ4v) is 4.25. The molecule has 0 spiro atoms. The molecule has 3 rings (SSSR count). The van der Waals surface area contributed by atoms with Gasteiger partial charge in [0.25, 0.3) is 5.91 Å². The Hall–Kier alpha value is -1.56. The summed E-state index contributed by atoms with van der Waals surface area (Å²) in [5, 5.41) is 12.8. The van der Waals surface area contributed by atoms with Gasteiger partial charge in [0.1, 0.15) is 0 Å². The zero-order chi connectivity index (χ0) is 15.1. The van der Waals surface area contributed by atoms with Crippen molar-refractivity contribution in [1.82, 2.24) is 0 Å². The van der Waals surface area contributed by atoms with Crippen LogP contribution in [0, 0.1) is 17.8 Å². The van der Waals surface area contributed by atoms with Gasteiger partial charge in [-0.15, -0.1) is 0 Å². The third-order valence-corrected chi connectivity index (χ3v) is 5.26. The molecule has 5 nitrogen and oxygen atoms in total. The second-order valence-corrected chi connectivity index (χ2v) is 6.84. The predicted molar refractivity (Wildman–Crippen MR) is 82.0 cm³/mol. The molecule has 0 heterocycles. The minimum Gasteiger partial charge on any atom is -0.481 e. The molecule has 1 aromatic carbocycles. The molecule has 0 saturated heterocycles. The number of carbonyl (C=O) groups is 2. The summed E-state index contributed by atoms with van der Waals surface area (Å²) in [6.07, 6.45) is 2.99. The minimum absolute atomic E-state index is 0.131. The van der Waals surface area contributed by atoms with Crippen LogP contribution in [0.3, 0.4) is 0 Å². The highest BCUT2D eigenvalue weighted by Crippen LogP contribution is 2.49. The van der Waals surface area contributed by atoms with Gasteiger partial charge >= 0.3 is 5.97 Å². The lowest BCUT2D eigenvalue weighted by atomic mass is 9.84. The highest BCUT2D eigenvalue weighted by atomic mass is 79.9. The second-order valence-electron chi connectivity index (χ2n) is 5.92. The van der Waals surface area contributed by atoms with Gasteiger partial charge in [-0.1, -0.05) is 15.9 Å². The van der Waals surface area contributed by atoms with E-state index in [0.29, 0.717) is 17.2 Å². The van der Waals surface area contributed by atoms with Crippen molar-refractivity contribution in [2.24, 2.45) is 23.5 Å². The van der Waals surface area contributed by atoms with E-state index in [4.69, 9.17) is 5.73 Å². The predicted octanol–water partition coefficient (Wildman–Crippen LogP) is 2.46. The summed E-state index contributed by atoms with van der Waals surface area (Å²) >= 11 is 3.37. The van der Waals surface area contributed by atoms with Gasteiger partial charge in [-0.2, -0.15) is 0 Å². The molecule has 21 heavy (non-hydrogen) atoms. The van der Waals surface area contributed by atoms with E-state index in [2.05, 4.69) is 21.2 Å². The van der Waals surface area contributed by atoms with Crippen LogP contribution in [-0.2, 0) is 4.79 Å². The normalized spacial score (nSPS) is 30.3. The topological polar surface area (TPSA) is 92.4 Å². The molecule has 2 saturated carbocycles. The Balaban J connectivity index is 1.91. The highest BCUT2D eigenvalue weighted by Gasteiger charge is 2.51. The van der Waals surface area contributed by atoms with Crippen molar-refractivity contribution < 1.29 is 14.7 Å². The number of halogens is 1. The van der Waals surface area contributed by atoms with Crippen molar-refractivity contribution in [3.05, 3.63) is 28.2 Å². The number of nitrogens with two attached hydrogens (primary N) is 1. The van der Waals surface area contributed by atoms with Gasteiger partial charge in [0, 0.05) is 16.2 Å². The number of fused-ring (bicyclic) bond motifs is 2. The lowest BCUT2D eigenvalue weighted by Crippen LogP contribution is -2.39. The van der Waals surface area contributed by atoms with Crippen molar-refractivity contribution in [3.8, 4) is 0 Å². The number of primary amides is 1. The van der Waals surface area contributed by atoms with Crippen molar-refractivity contribution in [1.29, 1.82) is 0 Å². The third-order valence-electron chi connectivity index (χ3n) is 4.77. The summed E-state index contributed by atoms with van der Waals surface area (Å²) in [5.74, 6) is -1.05. The molecule has 112 valence electrons. The van der Waals surface area contributed by atoms with Crippen molar-refractivity contribution in [3.63, 3.8) is 0 Å². The average molecular weight is 353 g/mol. The summed E-state index contributed by atoms with van der Waals surface area (Å²) < 4.78 is 0.824. The van der Waals surface area contributed by atoms with Crippen molar-refractivity contribution in [2.45, 2.75) is 25.3 Å². The maximum absolute atomic E-state index is 11.5. The molecule has 0 aliphatic heterocycles. The van der Waals surface area contributed by atoms with Gasteiger partial charge in [-0.05, 0) is 49.3 Å². The molecule has 2 aliphatic carbocycles. The van der Waals surface area contributed by atoms with Crippen LogP contribution in [0.1, 0.15) is 29.6 Å². The third kappa shape index (κ3) is 2.52. The first kappa shape index (κ1) is 14.4. The van der Waals surface area contributed by atoms with Crippen LogP contribution in [0.15, 0.2) is 22.7 Å². The largest absolute Gasteiger partial charge is 0.481 e. The number of aliphatic carboxylic acids is 1. The molecule has 2 bridgehead atoms. The van der Waals surface area contributed by atoms with Crippen LogP contribution in [0.5, 0.6) is 0 Å². The molecule has 2 aliphatic rings. The monoisotopic (exact) mass is 352 g/mol.